The third kappa shape index (κ3) is 22.8. The molecule has 0 saturated heterocycles. The van der Waals surface area contributed by atoms with Gasteiger partial charge in [0.25, 0.3) is 0 Å². The quantitative estimate of drug-likeness (QED) is 0.268. The number of aliphatic hydroxyl groups excluding tert-OH is 1. The summed E-state index contributed by atoms with van der Waals surface area (Å²) in [5, 5.41) is 18.9. The van der Waals surface area contributed by atoms with Gasteiger partial charge in [-0.2, -0.15) is 0 Å². The number of aliphatic hydroxyl groups is 2. The van der Waals surface area contributed by atoms with Crippen LogP contribution in [0.1, 0.15) is 32.6 Å². The smallest absolute Gasteiger partial charge is 0.202 e. The summed E-state index contributed by atoms with van der Waals surface area (Å²) in [6.45, 7) is 3.60. The Labute approximate surface area is 98.9 Å². The number of hydrogen-bond acceptors (Lipinski definition) is 2. The predicted octanol–water partition coefficient (Wildman–Crippen LogP) is -6.18. The maximum Gasteiger partial charge on any atom is 0.202 e. The van der Waals surface area contributed by atoms with Gasteiger partial charge in [-0.1, -0.05) is 19.8 Å². The van der Waals surface area contributed by atoms with E-state index < -0.39 is 6.29 Å². The van der Waals surface area contributed by atoms with Gasteiger partial charge in [-0.05, 0) is 12.8 Å². The molecular weight excluding hydrogens is 227 g/mol. The second kappa shape index (κ2) is 19.1. The molecule has 0 aromatic carbocycles. The van der Waals surface area contributed by atoms with Crippen molar-refractivity contribution < 1.29 is 40.3 Å². The van der Waals surface area contributed by atoms with E-state index in [4.69, 9.17) is 10.2 Å². The fourth-order valence-corrected chi connectivity index (χ4v) is 0.982. The van der Waals surface area contributed by atoms with Gasteiger partial charge in [0.15, 0.2) is 0 Å². The van der Waals surface area contributed by atoms with Gasteiger partial charge in [0.2, 0.25) is 6.29 Å². The SMILES string of the molecule is CCCCCC[NH2+]CC(O)O.[Cl-].[Cl-].[NH4+]. The molecule has 0 unspecified atom stereocenters. The molecule has 4 nitrogen and oxygen atoms in total. The van der Waals surface area contributed by atoms with E-state index in [-0.39, 0.29) is 31.0 Å². The number of nitrogens with two attached hydrogens (primary N) is 1. The first-order valence-electron chi connectivity index (χ1n) is 4.45. The molecule has 0 aliphatic heterocycles. The highest BCUT2D eigenvalue weighted by atomic mass is 35.5. The lowest BCUT2D eigenvalue weighted by atomic mass is 10.2. The topological polar surface area (TPSA) is 93.6 Å². The lowest BCUT2D eigenvalue weighted by Crippen LogP contribution is -3.00. The van der Waals surface area contributed by atoms with Crippen LogP contribution in [0, 0.1) is 0 Å². The van der Waals surface area contributed by atoms with Gasteiger partial charge in [0.1, 0.15) is 6.54 Å². The van der Waals surface area contributed by atoms with E-state index in [1.807, 2.05) is 5.32 Å². The minimum atomic E-state index is -1.15. The highest BCUT2D eigenvalue weighted by Gasteiger charge is 1.97. The minimum Gasteiger partial charge on any atom is -1.00 e. The first kappa shape index (κ1) is 23.9. The molecule has 0 fully saturated rings. The first-order valence-corrected chi connectivity index (χ1v) is 4.45. The van der Waals surface area contributed by atoms with Crippen LogP contribution < -0.4 is 36.3 Å². The van der Waals surface area contributed by atoms with Crippen molar-refractivity contribution >= 4 is 0 Å². The molecule has 0 aromatic heterocycles. The molecule has 0 aromatic rings. The van der Waals surface area contributed by atoms with Gasteiger partial charge in [-0.3, -0.25) is 0 Å². The summed E-state index contributed by atoms with van der Waals surface area (Å²) in [5.74, 6) is 0. The third-order valence-electron chi connectivity index (χ3n) is 1.64. The van der Waals surface area contributed by atoms with Crippen LogP contribution >= 0.6 is 0 Å². The summed E-state index contributed by atoms with van der Waals surface area (Å²) < 4.78 is 0. The van der Waals surface area contributed by atoms with Gasteiger partial charge in [-0.15, -0.1) is 0 Å². The molecule has 0 spiro atoms. The standard InChI is InChI=1S/C8H19NO2.2ClH.H3N/c1-2-3-4-5-6-9-7-8(10)11;;;/h8-11H,2-7H2,1H3;2*1H;1H3. The molecule has 0 rings (SSSR count). The first-order chi connectivity index (χ1) is 5.27. The molecule has 0 amide bonds. The zero-order chi connectivity index (χ0) is 8.53. The lowest BCUT2D eigenvalue weighted by Gasteiger charge is -2.02. The lowest BCUT2D eigenvalue weighted by molar-refractivity contribution is -0.667. The molecule has 0 radical (unpaired) electrons. The van der Waals surface area contributed by atoms with Crippen molar-refractivity contribution in [3.63, 3.8) is 0 Å². The Morgan fingerprint density at radius 3 is 2.07 bits per heavy atom. The van der Waals surface area contributed by atoms with E-state index in [1.54, 1.807) is 0 Å². The van der Waals surface area contributed by atoms with Crippen LogP contribution in [0.2, 0.25) is 0 Å². The molecular formula is C8H24Cl2N2O2. The van der Waals surface area contributed by atoms with Crippen molar-refractivity contribution in [2.24, 2.45) is 0 Å². The average Bonchev–Trinajstić information content (AvgIpc) is 1.96. The molecule has 0 aliphatic rings. The Morgan fingerprint density at radius 1 is 1.07 bits per heavy atom. The molecule has 0 heterocycles. The van der Waals surface area contributed by atoms with Gasteiger partial charge >= 0.3 is 0 Å². The van der Waals surface area contributed by atoms with E-state index >= 15 is 0 Å². The van der Waals surface area contributed by atoms with Crippen molar-refractivity contribution in [2.45, 2.75) is 38.9 Å². The summed E-state index contributed by atoms with van der Waals surface area (Å²) in [6, 6.07) is 0. The molecule has 14 heavy (non-hydrogen) atoms. The van der Waals surface area contributed by atoms with Gasteiger partial charge in [0.05, 0.1) is 6.54 Å². The Balaban J connectivity index is -0.000000167. The zero-order valence-electron chi connectivity index (χ0n) is 9.05. The van der Waals surface area contributed by atoms with Crippen LogP contribution in [0.5, 0.6) is 0 Å². The summed E-state index contributed by atoms with van der Waals surface area (Å²) in [7, 11) is 0. The number of unbranched alkanes of at least 4 members (excludes halogenated alkanes) is 3. The number of halogens is 2. The van der Waals surface area contributed by atoms with Crippen molar-refractivity contribution in [2.75, 3.05) is 13.1 Å². The van der Waals surface area contributed by atoms with Gasteiger partial charge < -0.3 is 46.5 Å². The second-order valence-electron chi connectivity index (χ2n) is 2.85. The monoisotopic (exact) mass is 250 g/mol. The van der Waals surface area contributed by atoms with Crippen molar-refractivity contribution in [3.05, 3.63) is 0 Å². The molecule has 0 saturated carbocycles. The van der Waals surface area contributed by atoms with E-state index in [0.717, 1.165) is 6.54 Å². The highest BCUT2D eigenvalue weighted by molar-refractivity contribution is 4.36. The molecule has 8 N–H and O–H groups in total. The van der Waals surface area contributed by atoms with E-state index in [2.05, 4.69) is 6.92 Å². The third-order valence-corrected chi connectivity index (χ3v) is 1.64. The maximum absolute atomic E-state index is 8.48. The molecule has 0 atom stereocenters. The minimum absolute atomic E-state index is 0. The van der Waals surface area contributed by atoms with Crippen molar-refractivity contribution in [1.29, 1.82) is 0 Å². The molecule has 6 heteroatoms. The van der Waals surface area contributed by atoms with E-state index in [0.29, 0.717) is 6.54 Å². The Kier molecular flexibility index (Phi) is 32.6. The van der Waals surface area contributed by atoms with Crippen LogP contribution in [0.15, 0.2) is 0 Å². The molecule has 0 bridgehead atoms. The second-order valence-corrected chi connectivity index (χ2v) is 2.85. The van der Waals surface area contributed by atoms with E-state index in [9.17, 15) is 0 Å². The van der Waals surface area contributed by atoms with Crippen LogP contribution in [-0.2, 0) is 0 Å². The van der Waals surface area contributed by atoms with Gasteiger partial charge in [0, 0.05) is 0 Å². The number of quaternary nitrogens is 2. The van der Waals surface area contributed by atoms with Crippen LogP contribution in [-0.4, -0.2) is 29.6 Å². The average molecular weight is 251 g/mol. The van der Waals surface area contributed by atoms with Gasteiger partial charge in [-0.25, -0.2) is 0 Å². The summed E-state index contributed by atoms with van der Waals surface area (Å²) >= 11 is 0. The van der Waals surface area contributed by atoms with E-state index in [1.165, 1.54) is 25.7 Å². The largest absolute Gasteiger partial charge is 1.00 e. The zero-order valence-corrected chi connectivity index (χ0v) is 10.6. The number of rotatable bonds is 7. The van der Waals surface area contributed by atoms with Crippen molar-refractivity contribution in [1.82, 2.24) is 6.15 Å². The maximum atomic E-state index is 8.48. The van der Waals surface area contributed by atoms with Crippen LogP contribution in [0.3, 0.4) is 0 Å². The van der Waals surface area contributed by atoms with Crippen LogP contribution in [0.25, 0.3) is 0 Å². The van der Waals surface area contributed by atoms with Crippen LogP contribution in [0.4, 0.5) is 0 Å². The summed E-state index contributed by atoms with van der Waals surface area (Å²) in [5.41, 5.74) is 0. The normalized spacial score (nSPS) is 8.57. The molecule has 92 valence electrons. The fraction of sp³-hybridized carbons (Fsp3) is 1.00. The molecule has 0 aliphatic carbocycles. The number of hydrogen-bond donors (Lipinski definition) is 4. The summed E-state index contributed by atoms with van der Waals surface area (Å²) in [4.78, 5) is 0. The van der Waals surface area contributed by atoms with Crippen molar-refractivity contribution in [3.8, 4) is 0 Å². The Morgan fingerprint density at radius 2 is 1.64 bits per heavy atom. The predicted molar refractivity (Wildman–Crippen MR) is 50.0 cm³/mol. The fourth-order valence-electron chi connectivity index (χ4n) is 0.982. The summed E-state index contributed by atoms with van der Waals surface area (Å²) in [6.07, 6.45) is 3.83. The Hall–Kier alpha value is 0.420. The highest BCUT2D eigenvalue weighted by Crippen LogP contribution is 1.95. The Bertz CT molecular complexity index is 87.7.